The molecule has 154 valence electrons. The molecule has 0 radical (unpaired) electrons. The number of halogens is 1. The van der Waals surface area contributed by atoms with Crippen LogP contribution in [0.15, 0.2) is 84.4 Å². The summed E-state index contributed by atoms with van der Waals surface area (Å²) in [4.78, 5) is 37.5. The minimum atomic E-state index is -1.30. The van der Waals surface area contributed by atoms with Crippen LogP contribution in [0, 0.1) is 15.9 Å². The molecular formula is C23H15FN2O5. The van der Waals surface area contributed by atoms with Gasteiger partial charge in [-0.2, -0.15) is 0 Å². The third kappa shape index (κ3) is 3.44. The molecule has 1 fully saturated rings. The van der Waals surface area contributed by atoms with E-state index in [0.717, 1.165) is 11.0 Å². The molecule has 1 saturated heterocycles. The first-order valence-corrected chi connectivity index (χ1v) is 9.25. The molecule has 3 aromatic carbocycles. The summed E-state index contributed by atoms with van der Waals surface area (Å²) >= 11 is 0. The van der Waals surface area contributed by atoms with Gasteiger partial charge >= 0.3 is 0 Å². The fourth-order valence-electron chi connectivity index (χ4n) is 3.60. The van der Waals surface area contributed by atoms with E-state index in [0.29, 0.717) is 0 Å². The summed E-state index contributed by atoms with van der Waals surface area (Å²) in [6.07, 6.45) is 0. The molecule has 0 spiro atoms. The average Bonchev–Trinajstić information content (AvgIpc) is 3.04. The second-order valence-corrected chi connectivity index (χ2v) is 6.83. The molecule has 1 heterocycles. The molecule has 0 unspecified atom stereocenters. The molecule has 4 rings (SSSR count). The molecule has 1 amide bonds. The number of nitro benzene ring substituents is 1. The number of hydrogen-bond donors (Lipinski definition) is 1. The second-order valence-electron chi connectivity index (χ2n) is 6.83. The lowest BCUT2D eigenvalue weighted by Gasteiger charge is -2.25. The Morgan fingerprint density at radius 2 is 1.65 bits per heavy atom. The smallest absolute Gasteiger partial charge is 0.300 e. The van der Waals surface area contributed by atoms with Gasteiger partial charge in [0.05, 0.1) is 22.2 Å². The maximum Gasteiger partial charge on any atom is 0.300 e. The predicted molar refractivity (Wildman–Crippen MR) is 111 cm³/mol. The number of hydrogen-bond acceptors (Lipinski definition) is 5. The Balaban J connectivity index is 1.98. The van der Waals surface area contributed by atoms with Crippen LogP contribution < -0.4 is 4.90 Å². The van der Waals surface area contributed by atoms with Gasteiger partial charge < -0.3 is 5.11 Å². The molecule has 8 heteroatoms. The van der Waals surface area contributed by atoms with Crippen LogP contribution in [-0.2, 0) is 9.59 Å². The van der Waals surface area contributed by atoms with Crippen molar-refractivity contribution in [2.75, 3.05) is 4.90 Å². The molecule has 0 aliphatic carbocycles. The standard InChI is InChI=1S/C23H15FN2O5/c24-18-12-5-4-11-17(18)20-19(21(27)14-7-2-1-3-8-14)22(28)23(29)25(20)15-9-6-10-16(13-15)26(30)31/h1-13,20,27H/b21-19+/t20-/m0/s1. The number of benzene rings is 3. The Morgan fingerprint density at radius 3 is 2.32 bits per heavy atom. The van der Waals surface area contributed by atoms with Crippen LogP contribution in [0.4, 0.5) is 15.8 Å². The third-order valence-corrected chi connectivity index (χ3v) is 5.01. The van der Waals surface area contributed by atoms with E-state index >= 15 is 0 Å². The normalized spacial score (nSPS) is 17.7. The summed E-state index contributed by atoms with van der Waals surface area (Å²) in [5.74, 6) is -3.18. The van der Waals surface area contributed by atoms with E-state index in [2.05, 4.69) is 0 Å². The van der Waals surface area contributed by atoms with Gasteiger partial charge in [-0.05, 0) is 12.1 Å². The van der Waals surface area contributed by atoms with Gasteiger partial charge in [-0.25, -0.2) is 4.39 Å². The first-order valence-electron chi connectivity index (χ1n) is 9.25. The van der Waals surface area contributed by atoms with E-state index in [1.54, 1.807) is 30.3 Å². The van der Waals surface area contributed by atoms with E-state index in [-0.39, 0.29) is 28.1 Å². The molecule has 0 aromatic heterocycles. The molecule has 31 heavy (non-hydrogen) atoms. The monoisotopic (exact) mass is 418 g/mol. The molecule has 1 aliphatic heterocycles. The zero-order valence-corrected chi connectivity index (χ0v) is 15.9. The summed E-state index contributed by atoms with van der Waals surface area (Å²) in [5.41, 5.74) is -0.300. The highest BCUT2D eigenvalue weighted by molar-refractivity contribution is 6.51. The SMILES string of the molecule is O=C1C(=O)N(c2cccc([N+](=O)[O-])c2)[C@@H](c2ccccc2F)/C1=C(\O)c1ccccc1. The van der Waals surface area contributed by atoms with E-state index in [4.69, 9.17) is 0 Å². The van der Waals surface area contributed by atoms with Gasteiger partial charge in [0.2, 0.25) is 0 Å². The van der Waals surface area contributed by atoms with Crippen molar-refractivity contribution in [1.82, 2.24) is 0 Å². The number of Topliss-reactive ketones (excluding diaryl/α,β-unsaturated/α-hetero) is 1. The number of aliphatic hydroxyl groups is 1. The van der Waals surface area contributed by atoms with Crippen molar-refractivity contribution >= 4 is 28.8 Å². The van der Waals surface area contributed by atoms with Crippen molar-refractivity contribution < 1.29 is 24.0 Å². The highest BCUT2D eigenvalue weighted by atomic mass is 19.1. The van der Waals surface area contributed by atoms with Crippen LogP contribution in [0.1, 0.15) is 17.2 Å². The first-order chi connectivity index (χ1) is 14.9. The number of amides is 1. The summed E-state index contributed by atoms with van der Waals surface area (Å²) in [7, 11) is 0. The van der Waals surface area contributed by atoms with Gasteiger partial charge in [-0.1, -0.05) is 54.6 Å². The topological polar surface area (TPSA) is 101 Å². The number of nitro groups is 1. The summed E-state index contributed by atoms with van der Waals surface area (Å²) < 4.78 is 14.8. The Hall–Kier alpha value is -4.33. The Labute approximate surface area is 175 Å². The largest absolute Gasteiger partial charge is 0.507 e. The van der Waals surface area contributed by atoms with Crippen LogP contribution in [0.2, 0.25) is 0 Å². The van der Waals surface area contributed by atoms with E-state index in [1.165, 1.54) is 42.5 Å². The van der Waals surface area contributed by atoms with Gasteiger partial charge in [0.15, 0.2) is 0 Å². The first kappa shape index (κ1) is 20.0. The van der Waals surface area contributed by atoms with Crippen molar-refractivity contribution in [2.24, 2.45) is 0 Å². The third-order valence-electron chi connectivity index (χ3n) is 5.01. The van der Waals surface area contributed by atoms with Crippen LogP contribution in [0.25, 0.3) is 5.76 Å². The maximum absolute atomic E-state index is 14.8. The molecule has 0 bridgehead atoms. The van der Waals surface area contributed by atoms with E-state index < -0.39 is 34.2 Å². The quantitative estimate of drug-likeness (QED) is 0.223. The van der Waals surface area contributed by atoms with Crippen LogP contribution in [0.5, 0.6) is 0 Å². The van der Waals surface area contributed by atoms with Gasteiger partial charge in [-0.15, -0.1) is 0 Å². The Kier molecular flexibility index (Phi) is 5.04. The Bertz CT molecular complexity index is 1240. The number of anilines is 1. The van der Waals surface area contributed by atoms with Gasteiger partial charge in [0.25, 0.3) is 17.4 Å². The molecule has 1 aliphatic rings. The van der Waals surface area contributed by atoms with E-state index in [1.807, 2.05) is 0 Å². The molecule has 7 nitrogen and oxygen atoms in total. The zero-order chi connectivity index (χ0) is 22.1. The molecule has 1 N–H and O–H groups in total. The lowest BCUT2D eigenvalue weighted by molar-refractivity contribution is -0.384. The van der Waals surface area contributed by atoms with Crippen molar-refractivity contribution in [3.05, 3.63) is 111 Å². The van der Waals surface area contributed by atoms with E-state index in [9.17, 15) is 29.2 Å². The number of non-ortho nitro benzene ring substituents is 1. The molecular weight excluding hydrogens is 403 g/mol. The van der Waals surface area contributed by atoms with Gasteiger partial charge in [-0.3, -0.25) is 24.6 Å². The van der Waals surface area contributed by atoms with Crippen molar-refractivity contribution in [1.29, 1.82) is 0 Å². The number of rotatable bonds is 4. The van der Waals surface area contributed by atoms with Crippen molar-refractivity contribution in [3.8, 4) is 0 Å². The van der Waals surface area contributed by atoms with Gasteiger partial charge in [0, 0.05) is 23.3 Å². The summed E-state index contributed by atoms with van der Waals surface area (Å²) in [6.45, 7) is 0. The highest BCUT2D eigenvalue weighted by Gasteiger charge is 2.48. The van der Waals surface area contributed by atoms with Crippen molar-refractivity contribution in [2.45, 2.75) is 6.04 Å². The second kappa shape index (κ2) is 7.83. The number of carbonyl (C=O) groups is 2. The lowest BCUT2D eigenvalue weighted by atomic mass is 9.94. The number of carbonyl (C=O) groups excluding carboxylic acids is 2. The molecule has 0 saturated carbocycles. The van der Waals surface area contributed by atoms with Crippen LogP contribution in [0.3, 0.4) is 0 Å². The molecule has 1 atom stereocenters. The average molecular weight is 418 g/mol. The minimum absolute atomic E-state index is 0.0225. The minimum Gasteiger partial charge on any atom is -0.507 e. The number of ketones is 1. The summed E-state index contributed by atoms with van der Waals surface area (Å²) in [5, 5.41) is 22.1. The maximum atomic E-state index is 14.8. The Morgan fingerprint density at radius 1 is 0.968 bits per heavy atom. The number of nitrogens with zero attached hydrogens (tertiary/aromatic N) is 2. The summed E-state index contributed by atoms with van der Waals surface area (Å²) in [6, 6.07) is 17.5. The fraction of sp³-hybridized carbons (Fsp3) is 0.0435. The van der Waals surface area contributed by atoms with Crippen LogP contribution >= 0.6 is 0 Å². The predicted octanol–water partition coefficient (Wildman–Crippen LogP) is 4.36. The highest BCUT2D eigenvalue weighted by Crippen LogP contribution is 2.43. The lowest BCUT2D eigenvalue weighted by Crippen LogP contribution is -2.29. The fourth-order valence-corrected chi connectivity index (χ4v) is 3.60. The van der Waals surface area contributed by atoms with Gasteiger partial charge in [0.1, 0.15) is 11.6 Å². The number of aliphatic hydroxyl groups excluding tert-OH is 1. The molecule has 3 aromatic rings. The zero-order valence-electron chi connectivity index (χ0n) is 15.9. The van der Waals surface area contributed by atoms with Crippen LogP contribution in [-0.4, -0.2) is 21.7 Å². The van der Waals surface area contributed by atoms with Crippen molar-refractivity contribution in [3.63, 3.8) is 0 Å².